The van der Waals surface area contributed by atoms with E-state index >= 15 is 0 Å². The number of halogens is 2. The molecule has 0 aliphatic carbocycles. The van der Waals surface area contributed by atoms with Crippen LogP contribution in [0.2, 0.25) is 0 Å². The molecule has 0 saturated carbocycles. The van der Waals surface area contributed by atoms with Gasteiger partial charge in [0.15, 0.2) is 0 Å². The molecule has 0 unspecified atom stereocenters. The molecular formula is C9H8BrClN2O3. The van der Waals surface area contributed by atoms with Gasteiger partial charge in [0, 0.05) is 18.5 Å². The Balaban J connectivity index is 3.12. The van der Waals surface area contributed by atoms with Crippen molar-refractivity contribution in [3.8, 4) is 0 Å². The van der Waals surface area contributed by atoms with E-state index in [1.165, 1.54) is 16.8 Å². The minimum Gasteiger partial charge on any atom is -0.304 e. The number of alkyl halides is 1. The minimum absolute atomic E-state index is 0.134. The number of aromatic nitrogens is 1. The molecule has 0 saturated heterocycles. The van der Waals surface area contributed by atoms with E-state index in [-0.39, 0.29) is 22.3 Å². The molecular weight excluding hydrogens is 299 g/mol. The van der Waals surface area contributed by atoms with Gasteiger partial charge < -0.3 is 4.57 Å². The van der Waals surface area contributed by atoms with Crippen molar-refractivity contribution in [2.45, 2.75) is 6.54 Å². The smallest absolute Gasteiger partial charge is 0.286 e. The molecule has 86 valence electrons. The number of hydrogen-bond donors (Lipinski definition) is 0. The lowest BCUT2D eigenvalue weighted by atomic mass is 10.4. The Morgan fingerprint density at radius 3 is 2.81 bits per heavy atom. The van der Waals surface area contributed by atoms with Crippen LogP contribution in [0.15, 0.2) is 33.7 Å². The van der Waals surface area contributed by atoms with Gasteiger partial charge in [0.2, 0.25) is 0 Å². The maximum atomic E-state index is 11.6. The van der Waals surface area contributed by atoms with Crippen LogP contribution in [0.5, 0.6) is 0 Å². The van der Waals surface area contributed by atoms with Crippen LogP contribution in [0, 0.1) is 10.1 Å². The second-order valence-electron chi connectivity index (χ2n) is 2.89. The van der Waals surface area contributed by atoms with E-state index < -0.39 is 4.92 Å². The second-order valence-corrected chi connectivity index (χ2v) is 4.05. The summed E-state index contributed by atoms with van der Waals surface area (Å²) in [5.74, 6) is 0.338. The number of allylic oxidation sites excluding steroid dienone is 2. The van der Waals surface area contributed by atoms with E-state index in [4.69, 9.17) is 11.6 Å². The summed E-state index contributed by atoms with van der Waals surface area (Å²) < 4.78 is 1.41. The Kier molecular flexibility index (Phi) is 4.70. The SMILES string of the molecule is O=c1c(Br)cc([N+](=O)[O-])cn1C/C=C/CCl. The first-order chi connectivity index (χ1) is 7.56. The molecule has 0 aliphatic heterocycles. The summed E-state index contributed by atoms with van der Waals surface area (Å²) in [6.45, 7) is 0.256. The van der Waals surface area contributed by atoms with Crippen molar-refractivity contribution >= 4 is 33.2 Å². The van der Waals surface area contributed by atoms with E-state index in [0.717, 1.165) is 0 Å². The quantitative estimate of drug-likeness (QED) is 0.371. The highest BCUT2D eigenvalue weighted by molar-refractivity contribution is 9.10. The first-order valence-electron chi connectivity index (χ1n) is 4.31. The van der Waals surface area contributed by atoms with Crippen LogP contribution in [0.25, 0.3) is 0 Å². The molecule has 0 aromatic carbocycles. The second kappa shape index (κ2) is 5.81. The summed E-state index contributed by atoms with van der Waals surface area (Å²) in [5, 5.41) is 10.6. The highest BCUT2D eigenvalue weighted by Crippen LogP contribution is 2.13. The summed E-state index contributed by atoms with van der Waals surface area (Å²) in [4.78, 5) is 21.6. The zero-order valence-electron chi connectivity index (χ0n) is 8.10. The molecule has 1 heterocycles. The van der Waals surface area contributed by atoms with Gasteiger partial charge in [-0.05, 0) is 15.9 Å². The van der Waals surface area contributed by atoms with Crippen molar-refractivity contribution in [3.63, 3.8) is 0 Å². The summed E-state index contributed by atoms with van der Waals surface area (Å²) in [6.07, 6.45) is 4.54. The van der Waals surface area contributed by atoms with Gasteiger partial charge in [0.25, 0.3) is 11.2 Å². The minimum atomic E-state index is -0.550. The highest BCUT2D eigenvalue weighted by Gasteiger charge is 2.11. The van der Waals surface area contributed by atoms with Crippen LogP contribution in [0.3, 0.4) is 0 Å². The van der Waals surface area contributed by atoms with Crippen LogP contribution in [-0.4, -0.2) is 15.4 Å². The van der Waals surface area contributed by atoms with Crippen molar-refractivity contribution in [2.24, 2.45) is 0 Å². The molecule has 0 amide bonds. The maximum Gasteiger partial charge on any atom is 0.286 e. The highest BCUT2D eigenvalue weighted by atomic mass is 79.9. The molecule has 5 nitrogen and oxygen atoms in total. The third-order valence-electron chi connectivity index (χ3n) is 1.80. The lowest BCUT2D eigenvalue weighted by Crippen LogP contribution is -2.20. The van der Waals surface area contributed by atoms with Crippen LogP contribution in [0.1, 0.15) is 0 Å². The zero-order chi connectivity index (χ0) is 12.1. The van der Waals surface area contributed by atoms with E-state index in [0.29, 0.717) is 5.88 Å². The third kappa shape index (κ3) is 3.18. The molecule has 0 aliphatic rings. The normalized spacial score (nSPS) is 10.9. The van der Waals surface area contributed by atoms with Gasteiger partial charge in [-0.2, -0.15) is 0 Å². The van der Waals surface area contributed by atoms with Crippen LogP contribution in [0.4, 0.5) is 5.69 Å². The Bertz CT molecular complexity index is 484. The number of pyridine rings is 1. The summed E-state index contributed by atoms with van der Waals surface area (Å²) in [7, 11) is 0. The van der Waals surface area contributed by atoms with Crippen molar-refractivity contribution < 1.29 is 4.92 Å². The van der Waals surface area contributed by atoms with E-state index in [1.54, 1.807) is 12.2 Å². The molecule has 0 fully saturated rings. The number of rotatable bonds is 4. The van der Waals surface area contributed by atoms with E-state index in [9.17, 15) is 14.9 Å². The van der Waals surface area contributed by atoms with Crippen molar-refractivity contribution in [2.75, 3.05) is 5.88 Å². The largest absolute Gasteiger partial charge is 0.304 e. The van der Waals surface area contributed by atoms with Crippen LogP contribution < -0.4 is 5.56 Å². The fraction of sp³-hybridized carbons (Fsp3) is 0.222. The monoisotopic (exact) mass is 306 g/mol. The van der Waals surface area contributed by atoms with Crippen LogP contribution in [-0.2, 0) is 6.54 Å². The molecule has 1 aromatic heterocycles. The van der Waals surface area contributed by atoms with Crippen LogP contribution >= 0.6 is 27.5 Å². The number of nitrogens with zero attached hydrogens (tertiary/aromatic N) is 2. The van der Waals surface area contributed by atoms with Gasteiger partial charge >= 0.3 is 0 Å². The van der Waals surface area contributed by atoms with E-state index in [1.807, 2.05) is 0 Å². The predicted octanol–water partition coefficient (Wildman–Crippen LogP) is 2.31. The fourth-order valence-corrected chi connectivity index (χ4v) is 1.66. The molecule has 1 rings (SSSR count). The average Bonchev–Trinajstić information content (AvgIpc) is 2.24. The third-order valence-corrected chi connectivity index (χ3v) is 2.54. The molecule has 1 aromatic rings. The number of nitro groups is 1. The molecule has 0 bridgehead atoms. The Morgan fingerprint density at radius 1 is 1.56 bits per heavy atom. The molecule has 0 radical (unpaired) electrons. The zero-order valence-corrected chi connectivity index (χ0v) is 10.4. The van der Waals surface area contributed by atoms with Gasteiger partial charge in [0.1, 0.15) is 0 Å². The molecule has 0 N–H and O–H groups in total. The summed E-state index contributed by atoms with van der Waals surface area (Å²) in [5.41, 5.74) is -0.449. The van der Waals surface area contributed by atoms with Gasteiger partial charge in [0.05, 0.1) is 15.6 Å². The molecule has 7 heteroatoms. The lowest BCUT2D eigenvalue weighted by Gasteiger charge is -2.02. The molecule has 0 atom stereocenters. The van der Waals surface area contributed by atoms with Gasteiger partial charge in [-0.15, -0.1) is 11.6 Å². The average molecular weight is 308 g/mol. The topological polar surface area (TPSA) is 65.1 Å². The van der Waals surface area contributed by atoms with Crippen molar-refractivity contribution in [1.82, 2.24) is 4.57 Å². The Morgan fingerprint density at radius 2 is 2.25 bits per heavy atom. The van der Waals surface area contributed by atoms with Crippen molar-refractivity contribution in [3.05, 3.63) is 49.4 Å². The first-order valence-corrected chi connectivity index (χ1v) is 5.64. The van der Waals surface area contributed by atoms with Gasteiger partial charge in [-0.25, -0.2) is 0 Å². The van der Waals surface area contributed by atoms with Gasteiger partial charge in [-0.1, -0.05) is 12.2 Å². The molecule has 16 heavy (non-hydrogen) atoms. The number of hydrogen-bond acceptors (Lipinski definition) is 3. The van der Waals surface area contributed by atoms with Gasteiger partial charge in [-0.3, -0.25) is 14.9 Å². The fourth-order valence-electron chi connectivity index (χ4n) is 1.07. The Labute approximate surface area is 105 Å². The Hall–Kier alpha value is -1.14. The molecule has 0 spiro atoms. The van der Waals surface area contributed by atoms with E-state index in [2.05, 4.69) is 15.9 Å². The summed E-state index contributed by atoms with van der Waals surface area (Å²) in [6, 6.07) is 1.18. The predicted molar refractivity (Wildman–Crippen MR) is 64.9 cm³/mol. The standard InChI is InChI=1S/C9H8BrClN2O3/c10-8-5-7(13(15)16)6-12(9(8)14)4-2-1-3-11/h1-2,5-6H,3-4H2/b2-1+. The van der Waals surface area contributed by atoms with Crippen molar-refractivity contribution in [1.29, 1.82) is 0 Å². The first kappa shape index (κ1) is 12.9. The summed E-state index contributed by atoms with van der Waals surface area (Å²) >= 11 is 8.42. The lowest BCUT2D eigenvalue weighted by molar-refractivity contribution is -0.385. The maximum absolute atomic E-state index is 11.6.